The van der Waals surface area contributed by atoms with Crippen molar-refractivity contribution in [1.29, 1.82) is 5.26 Å². The van der Waals surface area contributed by atoms with Crippen molar-refractivity contribution in [3.8, 4) is 11.8 Å². The Bertz CT molecular complexity index is 887. The van der Waals surface area contributed by atoms with Crippen LogP contribution in [0.2, 0.25) is 5.15 Å². The molecule has 2 heterocycles. The van der Waals surface area contributed by atoms with Gasteiger partial charge in [0.15, 0.2) is 0 Å². The second-order valence-corrected chi connectivity index (χ2v) is 6.15. The number of aromatic nitrogens is 2. The first-order chi connectivity index (χ1) is 11.2. The second-order valence-electron chi connectivity index (χ2n) is 4.74. The number of halogens is 1. The third kappa shape index (κ3) is 3.21. The Balaban J connectivity index is 1.84. The number of nitrogens with one attached hydrogen (secondary N) is 1. The predicted molar refractivity (Wildman–Crippen MR) is 92.3 cm³/mol. The Kier molecular flexibility index (Phi) is 4.60. The highest BCUT2D eigenvalue weighted by atomic mass is 35.5. The maximum absolute atomic E-state index is 9.39. The summed E-state index contributed by atoms with van der Waals surface area (Å²) < 4.78 is 6.38. The number of methoxy groups -OCH3 is 1. The molecule has 116 valence electrons. The first-order valence-electron chi connectivity index (χ1n) is 6.94. The van der Waals surface area contributed by atoms with Gasteiger partial charge in [-0.1, -0.05) is 23.7 Å². The highest BCUT2D eigenvalue weighted by Crippen LogP contribution is 2.37. The standard InChI is InChI=1S/C16H13ClN4OS/c1-22-12-4-2-3-11-10(13(9-18)23-15(11)12)5-7-19-16-20-8-6-14(17)21-16/h2-4,6,8H,5,7H2,1H3,(H,19,20,21). The number of fused-ring (bicyclic) bond motifs is 1. The van der Waals surface area contributed by atoms with Gasteiger partial charge in [0.1, 0.15) is 21.8 Å². The van der Waals surface area contributed by atoms with Gasteiger partial charge in [-0.15, -0.1) is 11.3 Å². The van der Waals surface area contributed by atoms with E-state index in [2.05, 4.69) is 21.4 Å². The Morgan fingerprint density at radius 3 is 3.00 bits per heavy atom. The number of thiophene rings is 1. The van der Waals surface area contributed by atoms with E-state index in [4.69, 9.17) is 16.3 Å². The van der Waals surface area contributed by atoms with Crippen LogP contribution >= 0.6 is 22.9 Å². The zero-order chi connectivity index (χ0) is 16.2. The lowest BCUT2D eigenvalue weighted by molar-refractivity contribution is 0.420. The molecule has 23 heavy (non-hydrogen) atoms. The first kappa shape index (κ1) is 15.5. The van der Waals surface area contributed by atoms with Crippen LogP contribution in [0.4, 0.5) is 5.95 Å². The summed E-state index contributed by atoms with van der Waals surface area (Å²) in [6.45, 7) is 0.609. The molecule has 7 heteroatoms. The minimum Gasteiger partial charge on any atom is -0.495 e. The maximum Gasteiger partial charge on any atom is 0.224 e. The van der Waals surface area contributed by atoms with Gasteiger partial charge < -0.3 is 10.1 Å². The van der Waals surface area contributed by atoms with Gasteiger partial charge in [-0.25, -0.2) is 9.97 Å². The summed E-state index contributed by atoms with van der Waals surface area (Å²) >= 11 is 7.29. The molecule has 0 aliphatic carbocycles. The van der Waals surface area contributed by atoms with Crippen molar-refractivity contribution in [1.82, 2.24) is 9.97 Å². The molecule has 0 atom stereocenters. The lowest BCUT2D eigenvalue weighted by atomic mass is 10.1. The number of nitrogens with zero attached hydrogens (tertiary/aromatic N) is 3. The number of hydrogen-bond donors (Lipinski definition) is 1. The van der Waals surface area contributed by atoms with E-state index in [1.807, 2.05) is 18.2 Å². The van der Waals surface area contributed by atoms with Crippen LogP contribution in [0.5, 0.6) is 5.75 Å². The zero-order valence-corrected chi connectivity index (χ0v) is 13.9. The number of rotatable bonds is 5. The normalized spacial score (nSPS) is 10.5. The van der Waals surface area contributed by atoms with E-state index in [0.717, 1.165) is 21.4 Å². The number of benzene rings is 1. The molecular weight excluding hydrogens is 332 g/mol. The molecule has 0 fully saturated rings. The molecule has 0 unspecified atom stereocenters. The summed E-state index contributed by atoms with van der Waals surface area (Å²) in [5, 5.41) is 14.0. The number of ether oxygens (including phenoxy) is 1. The van der Waals surface area contributed by atoms with E-state index in [-0.39, 0.29) is 0 Å². The van der Waals surface area contributed by atoms with Crippen LogP contribution in [0, 0.1) is 11.3 Å². The van der Waals surface area contributed by atoms with E-state index in [0.29, 0.717) is 28.9 Å². The first-order valence-corrected chi connectivity index (χ1v) is 8.13. The summed E-state index contributed by atoms with van der Waals surface area (Å²) in [5.41, 5.74) is 1.01. The number of hydrogen-bond acceptors (Lipinski definition) is 6. The second kappa shape index (κ2) is 6.82. The van der Waals surface area contributed by atoms with Crippen molar-refractivity contribution in [3.05, 3.63) is 46.1 Å². The van der Waals surface area contributed by atoms with Crippen molar-refractivity contribution < 1.29 is 4.74 Å². The average Bonchev–Trinajstić information content (AvgIpc) is 2.93. The quantitative estimate of drug-likeness (QED) is 0.711. The Labute approximate surface area is 142 Å². The topological polar surface area (TPSA) is 70.8 Å². The molecule has 3 rings (SSSR count). The van der Waals surface area contributed by atoms with Gasteiger partial charge in [0, 0.05) is 18.1 Å². The predicted octanol–water partition coefficient (Wildman–Crippen LogP) is 3.88. The molecule has 2 aromatic heterocycles. The van der Waals surface area contributed by atoms with Crippen LogP contribution in [0.25, 0.3) is 10.1 Å². The fraction of sp³-hybridized carbons (Fsp3) is 0.188. The van der Waals surface area contributed by atoms with Crippen molar-refractivity contribution in [2.24, 2.45) is 0 Å². The third-order valence-electron chi connectivity index (χ3n) is 3.38. The van der Waals surface area contributed by atoms with Crippen molar-refractivity contribution in [2.75, 3.05) is 19.0 Å². The molecule has 0 radical (unpaired) electrons. The SMILES string of the molecule is COc1cccc2c(CCNc3nccc(Cl)n3)c(C#N)sc12. The van der Waals surface area contributed by atoms with Crippen molar-refractivity contribution in [3.63, 3.8) is 0 Å². The molecule has 1 N–H and O–H groups in total. The minimum atomic E-state index is 0.394. The minimum absolute atomic E-state index is 0.394. The van der Waals surface area contributed by atoms with Gasteiger partial charge in [-0.05, 0) is 24.1 Å². The zero-order valence-electron chi connectivity index (χ0n) is 12.3. The summed E-state index contributed by atoms with van der Waals surface area (Å²) in [5.74, 6) is 1.27. The van der Waals surface area contributed by atoms with E-state index in [1.54, 1.807) is 19.4 Å². The van der Waals surface area contributed by atoms with Crippen LogP contribution in [-0.4, -0.2) is 23.6 Å². The lowest BCUT2D eigenvalue weighted by Crippen LogP contribution is -2.08. The van der Waals surface area contributed by atoms with Crippen LogP contribution in [0.15, 0.2) is 30.5 Å². The number of anilines is 1. The molecule has 0 aliphatic rings. The maximum atomic E-state index is 9.39. The highest BCUT2D eigenvalue weighted by molar-refractivity contribution is 7.20. The number of nitriles is 1. The van der Waals surface area contributed by atoms with Gasteiger partial charge >= 0.3 is 0 Å². The average molecular weight is 345 g/mol. The Hall–Kier alpha value is -2.36. The molecule has 0 amide bonds. The molecule has 3 aromatic rings. The van der Waals surface area contributed by atoms with Crippen LogP contribution in [0.1, 0.15) is 10.4 Å². The molecule has 0 spiro atoms. The molecule has 0 saturated heterocycles. The molecular formula is C16H13ClN4OS. The van der Waals surface area contributed by atoms with Gasteiger partial charge in [0.05, 0.1) is 11.8 Å². The summed E-state index contributed by atoms with van der Waals surface area (Å²) in [7, 11) is 1.64. The monoisotopic (exact) mass is 344 g/mol. The fourth-order valence-electron chi connectivity index (χ4n) is 2.37. The molecule has 0 aliphatic heterocycles. The van der Waals surface area contributed by atoms with Gasteiger partial charge in [-0.3, -0.25) is 0 Å². The van der Waals surface area contributed by atoms with Crippen LogP contribution in [-0.2, 0) is 6.42 Å². The van der Waals surface area contributed by atoms with Gasteiger partial charge in [0.2, 0.25) is 5.95 Å². The summed E-state index contributed by atoms with van der Waals surface area (Å²) in [6.07, 6.45) is 2.29. The van der Waals surface area contributed by atoms with E-state index in [9.17, 15) is 5.26 Å². The highest BCUT2D eigenvalue weighted by Gasteiger charge is 2.14. The molecule has 1 aromatic carbocycles. The van der Waals surface area contributed by atoms with Gasteiger partial charge in [0.25, 0.3) is 0 Å². The van der Waals surface area contributed by atoms with E-state index >= 15 is 0 Å². The summed E-state index contributed by atoms with van der Waals surface area (Å²) in [6, 6.07) is 9.76. The van der Waals surface area contributed by atoms with E-state index in [1.165, 1.54) is 11.3 Å². The smallest absolute Gasteiger partial charge is 0.224 e. The largest absolute Gasteiger partial charge is 0.495 e. The third-order valence-corrected chi connectivity index (χ3v) is 4.76. The summed E-state index contributed by atoms with van der Waals surface area (Å²) in [4.78, 5) is 8.89. The molecule has 5 nitrogen and oxygen atoms in total. The molecule has 0 saturated carbocycles. The lowest BCUT2D eigenvalue weighted by Gasteiger charge is -2.05. The van der Waals surface area contributed by atoms with Gasteiger partial charge in [-0.2, -0.15) is 5.26 Å². The molecule has 0 bridgehead atoms. The van der Waals surface area contributed by atoms with Crippen molar-refractivity contribution >= 4 is 39.0 Å². The van der Waals surface area contributed by atoms with Crippen molar-refractivity contribution in [2.45, 2.75) is 6.42 Å². The Morgan fingerprint density at radius 2 is 2.26 bits per heavy atom. The van der Waals surface area contributed by atoms with E-state index < -0.39 is 0 Å². The van der Waals surface area contributed by atoms with Crippen LogP contribution in [0.3, 0.4) is 0 Å². The van der Waals surface area contributed by atoms with Crippen LogP contribution < -0.4 is 10.1 Å². The Morgan fingerprint density at radius 1 is 1.39 bits per heavy atom. The fourth-order valence-corrected chi connectivity index (χ4v) is 3.64.